The molecular formula is C14H18FNO4S. The van der Waals surface area contributed by atoms with Crippen molar-refractivity contribution in [2.75, 3.05) is 0 Å². The first-order valence-corrected chi connectivity index (χ1v) is 8.00. The molecule has 1 aromatic rings. The smallest absolute Gasteiger partial charge is 0.243 e. The maximum absolute atomic E-state index is 14.1. The largest absolute Gasteiger partial charge is 0.298 e. The number of halogens is 1. The van der Waals surface area contributed by atoms with Gasteiger partial charge < -0.3 is 0 Å². The van der Waals surface area contributed by atoms with Crippen molar-refractivity contribution in [1.82, 2.24) is 4.31 Å². The maximum atomic E-state index is 14.1. The zero-order chi connectivity index (χ0) is 16.0. The fraction of sp³-hybridized carbons (Fsp3) is 0.429. The van der Waals surface area contributed by atoms with Gasteiger partial charge in [-0.1, -0.05) is 12.1 Å². The van der Waals surface area contributed by atoms with E-state index in [4.69, 9.17) is 0 Å². The van der Waals surface area contributed by atoms with Crippen LogP contribution in [0.4, 0.5) is 4.39 Å². The Morgan fingerprint density at radius 3 is 2.43 bits per heavy atom. The van der Waals surface area contributed by atoms with E-state index < -0.39 is 33.3 Å². The molecule has 1 saturated heterocycles. The molecule has 21 heavy (non-hydrogen) atoms. The summed E-state index contributed by atoms with van der Waals surface area (Å²) in [6, 6.07) is 3.75. The van der Waals surface area contributed by atoms with Crippen LogP contribution in [0.2, 0.25) is 0 Å². The molecule has 0 aliphatic carbocycles. The Kier molecular flexibility index (Phi) is 3.86. The van der Waals surface area contributed by atoms with Crippen molar-refractivity contribution in [2.24, 2.45) is 0 Å². The molecule has 5 nitrogen and oxygen atoms in total. The van der Waals surface area contributed by atoms with Crippen LogP contribution in [0.5, 0.6) is 0 Å². The van der Waals surface area contributed by atoms with E-state index in [1.165, 1.54) is 12.1 Å². The zero-order valence-corrected chi connectivity index (χ0v) is 12.9. The fourth-order valence-corrected chi connectivity index (χ4v) is 4.90. The average molecular weight is 315 g/mol. The van der Waals surface area contributed by atoms with Gasteiger partial charge in [0.2, 0.25) is 5.91 Å². The minimum atomic E-state index is -3.47. The number of nitrogens with zero attached hydrogens (tertiary/aromatic N) is 1. The number of aldehydes is 1. The minimum absolute atomic E-state index is 0.0423. The van der Waals surface area contributed by atoms with Crippen LogP contribution >= 0.6 is 10.8 Å². The molecule has 2 N–H and O–H groups in total. The Balaban J connectivity index is 2.47. The Morgan fingerprint density at radius 2 is 2.00 bits per heavy atom. The van der Waals surface area contributed by atoms with Crippen LogP contribution in [0.25, 0.3) is 0 Å². The Labute approximate surface area is 124 Å². The lowest BCUT2D eigenvalue weighted by atomic mass is 10.0. The van der Waals surface area contributed by atoms with Crippen LogP contribution in [0.1, 0.15) is 48.4 Å². The summed E-state index contributed by atoms with van der Waals surface area (Å²) in [5.74, 6) is -1.14. The van der Waals surface area contributed by atoms with Gasteiger partial charge in [-0.2, -0.15) is 0 Å². The van der Waals surface area contributed by atoms with Gasteiger partial charge in [-0.05, 0) is 26.8 Å². The number of carbonyl (C=O) groups is 2. The van der Waals surface area contributed by atoms with Crippen molar-refractivity contribution in [1.29, 1.82) is 0 Å². The van der Waals surface area contributed by atoms with E-state index in [0.717, 1.165) is 10.4 Å². The van der Waals surface area contributed by atoms with Gasteiger partial charge in [0.25, 0.3) is 0 Å². The number of carbonyl (C=O) groups excluding carboxylic acids is 2. The Morgan fingerprint density at radius 1 is 1.38 bits per heavy atom. The van der Waals surface area contributed by atoms with E-state index in [1.54, 1.807) is 20.8 Å². The molecule has 1 aromatic carbocycles. The van der Waals surface area contributed by atoms with E-state index in [2.05, 4.69) is 0 Å². The summed E-state index contributed by atoms with van der Waals surface area (Å²) in [6.07, 6.45) is 0.336. The van der Waals surface area contributed by atoms with Gasteiger partial charge in [0.15, 0.2) is 0 Å². The van der Waals surface area contributed by atoms with Crippen molar-refractivity contribution in [3.63, 3.8) is 0 Å². The van der Waals surface area contributed by atoms with E-state index in [0.29, 0.717) is 6.29 Å². The van der Waals surface area contributed by atoms with Gasteiger partial charge in [-0.15, -0.1) is 10.8 Å². The lowest BCUT2D eigenvalue weighted by Gasteiger charge is -2.47. The molecule has 0 spiro atoms. The molecule has 0 bridgehead atoms. The highest BCUT2D eigenvalue weighted by Crippen LogP contribution is 2.65. The molecule has 0 aromatic heterocycles. The van der Waals surface area contributed by atoms with E-state index in [1.807, 2.05) is 0 Å². The van der Waals surface area contributed by atoms with Crippen molar-refractivity contribution < 1.29 is 23.1 Å². The number of hydrogen-bond donors (Lipinski definition) is 2. The first kappa shape index (κ1) is 15.9. The predicted molar refractivity (Wildman–Crippen MR) is 78.6 cm³/mol. The van der Waals surface area contributed by atoms with E-state index >= 15 is 0 Å². The molecule has 7 heteroatoms. The summed E-state index contributed by atoms with van der Waals surface area (Å²) in [6.45, 7) is 5.06. The second kappa shape index (κ2) is 5.08. The third-order valence-electron chi connectivity index (χ3n) is 3.35. The normalized spacial score (nSPS) is 23.2. The van der Waals surface area contributed by atoms with Crippen LogP contribution in [0.15, 0.2) is 18.2 Å². The molecular weight excluding hydrogens is 297 g/mol. The topological polar surface area (TPSA) is 77.8 Å². The number of rotatable bonds is 2. The SMILES string of the molecule is CC(C)(C)N1C(=O)CC(c2ccc(C=O)cc2F)S1(O)O. The van der Waals surface area contributed by atoms with Crippen LogP contribution in [-0.4, -0.2) is 31.1 Å². The van der Waals surface area contributed by atoms with Gasteiger partial charge in [-0.3, -0.25) is 18.7 Å². The van der Waals surface area contributed by atoms with Crippen molar-refractivity contribution in [3.05, 3.63) is 35.1 Å². The van der Waals surface area contributed by atoms with Gasteiger partial charge >= 0.3 is 0 Å². The highest BCUT2D eigenvalue weighted by Gasteiger charge is 2.50. The summed E-state index contributed by atoms with van der Waals surface area (Å²) in [5.41, 5.74) is -0.574. The molecule has 116 valence electrons. The molecule has 0 saturated carbocycles. The first-order chi connectivity index (χ1) is 9.59. The van der Waals surface area contributed by atoms with Crippen molar-refractivity contribution >= 4 is 23.0 Å². The number of hydrogen-bond acceptors (Lipinski definition) is 4. The third kappa shape index (κ3) is 2.68. The molecule has 1 aliphatic heterocycles. The molecule has 1 fully saturated rings. The highest BCUT2D eigenvalue weighted by atomic mass is 32.3. The van der Waals surface area contributed by atoms with Gasteiger partial charge in [0.05, 0.1) is 12.0 Å². The molecule has 2 rings (SSSR count). The number of benzene rings is 1. The maximum Gasteiger partial charge on any atom is 0.243 e. The lowest BCUT2D eigenvalue weighted by Crippen LogP contribution is -2.43. The van der Waals surface area contributed by atoms with Crippen molar-refractivity contribution in [2.45, 2.75) is 38.0 Å². The van der Waals surface area contributed by atoms with Crippen LogP contribution in [0.3, 0.4) is 0 Å². The molecule has 1 aliphatic rings. The predicted octanol–water partition coefficient (Wildman–Crippen LogP) is 3.38. The summed E-state index contributed by atoms with van der Waals surface area (Å²) >= 11 is 0. The summed E-state index contributed by atoms with van der Waals surface area (Å²) in [7, 11) is -3.47. The van der Waals surface area contributed by atoms with Gasteiger partial charge in [-0.25, -0.2) is 8.70 Å². The fourth-order valence-electron chi connectivity index (χ4n) is 2.57. The highest BCUT2D eigenvalue weighted by molar-refractivity contribution is 8.23. The van der Waals surface area contributed by atoms with Crippen LogP contribution < -0.4 is 0 Å². The molecule has 1 amide bonds. The minimum Gasteiger partial charge on any atom is -0.298 e. The van der Waals surface area contributed by atoms with Crippen LogP contribution in [0, 0.1) is 5.82 Å². The Bertz CT molecular complexity index is 597. The average Bonchev–Trinajstić information content (AvgIpc) is 2.58. The number of amides is 1. The quantitative estimate of drug-likeness (QED) is 0.820. The Hall–Kier alpha value is -1.44. The standard InChI is InChI=1S/C14H18FNO4S/c1-14(2,3)16-13(18)7-12(21(16,19)20)10-5-4-9(8-17)6-11(10)15/h4-6,8,12,19-20H,7H2,1-3H3. The van der Waals surface area contributed by atoms with E-state index in [-0.39, 0.29) is 17.5 Å². The first-order valence-electron chi connectivity index (χ1n) is 6.44. The second-order valence-electron chi connectivity index (χ2n) is 6.01. The molecule has 1 heterocycles. The summed E-state index contributed by atoms with van der Waals surface area (Å²) in [4.78, 5) is 22.7. The summed E-state index contributed by atoms with van der Waals surface area (Å²) < 4.78 is 36.0. The van der Waals surface area contributed by atoms with Crippen molar-refractivity contribution in [3.8, 4) is 0 Å². The molecule has 1 unspecified atom stereocenters. The second-order valence-corrected chi connectivity index (χ2v) is 8.07. The zero-order valence-electron chi connectivity index (χ0n) is 12.0. The lowest BCUT2D eigenvalue weighted by molar-refractivity contribution is -0.128. The monoisotopic (exact) mass is 315 g/mol. The van der Waals surface area contributed by atoms with Gasteiger partial charge in [0.1, 0.15) is 17.4 Å². The van der Waals surface area contributed by atoms with E-state index in [9.17, 15) is 23.1 Å². The third-order valence-corrected chi connectivity index (χ3v) is 5.83. The molecule has 0 radical (unpaired) electrons. The molecule has 1 atom stereocenters. The van der Waals surface area contributed by atoms with Crippen LogP contribution in [-0.2, 0) is 4.79 Å². The summed E-state index contributed by atoms with van der Waals surface area (Å²) in [5, 5.41) is -1.02. The van der Waals surface area contributed by atoms with Gasteiger partial charge in [0, 0.05) is 11.1 Å².